The standard InChI is InChI=1S/C36H40FN7O5S.C9H21N/c1-17-11-13-44(18(17)2)34-40-28-27(31(41-34)39-24-8-7-12-43(6)33(24)46)22-16-48-15-21(22)25(29(28)45)19-9-10-23(37)30-26(19)20(14-38)32(50-30)42-35(47)49-36(3,4)5;1-4-6-7-9-10(3)8-5-2/h9-10,17-18,24,45H,7-8,11-13,15-16H2,1-6H3,(H,42,47)(H,39,40,41);4-9H2,1-3H3. The molecule has 3 aliphatic heterocycles. The number of phenols is 1. The largest absolute Gasteiger partial charge is 0.505 e. The first-order valence-electron chi connectivity index (χ1n) is 21.4. The van der Waals surface area contributed by atoms with Crippen LogP contribution in [0.15, 0.2) is 12.1 Å². The average Bonchev–Trinajstić information content (AvgIpc) is 3.91. The summed E-state index contributed by atoms with van der Waals surface area (Å²) in [7, 11) is 3.99. The highest BCUT2D eigenvalue weighted by atomic mass is 32.1. The van der Waals surface area contributed by atoms with Gasteiger partial charge in [0.25, 0.3) is 0 Å². The number of aromatic hydroxyl groups is 1. The fourth-order valence-corrected chi connectivity index (χ4v) is 9.44. The number of likely N-dealkylation sites (tertiary alicyclic amines) is 1. The van der Waals surface area contributed by atoms with Crippen molar-refractivity contribution >= 4 is 61.1 Å². The Labute approximate surface area is 357 Å². The molecule has 324 valence electrons. The number of fused-ring (bicyclic) bond motifs is 4. The SMILES string of the molecule is CC1CCN(c2nc(NC3CCCN(C)C3=O)c3c4c(c(-c5ccc(F)c6sc(NC(=O)OC(C)(C)C)c(C#N)c56)c(O)c3n2)COC4)C1C.CCCCCN(C)CCC. The van der Waals surface area contributed by atoms with Gasteiger partial charge in [-0.05, 0) is 109 Å². The van der Waals surface area contributed by atoms with Gasteiger partial charge in [-0.25, -0.2) is 14.2 Å². The number of piperidine rings is 1. The van der Waals surface area contributed by atoms with E-state index in [-0.39, 0.29) is 57.1 Å². The van der Waals surface area contributed by atoms with Gasteiger partial charge in [0.2, 0.25) is 11.9 Å². The van der Waals surface area contributed by atoms with Crippen molar-refractivity contribution in [3.05, 3.63) is 34.6 Å². The van der Waals surface area contributed by atoms with E-state index in [2.05, 4.69) is 61.2 Å². The van der Waals surface area contributed by atoms with Crippen LogP contribution in [0, 0.1) is 23.1 Å². The first kappa shape index (κ1) is 44.8. The van der Waals surface area contributed by atoms with Gasteiger partial charge >= 0.3 is 6.09 Å². The lowest BCUT2D eigenvalue weighted by Crippen LogP contribution is -2.45. The lowest BCUT2D eigenvalue weighted by molar-refractivity contribution is -0.132. The molecule has 60 heavy (non-hydrogen) atoms. The lowest BCUT2D eigenvalue weighted by Gasteiger charge is -2.31. The molecule has 0 aliphatic carbocycles. The fraction of sp³-hybridized carbons (Fsp3) is 0.578. The van der Waals surface area contributed by atoms with Crippen LogP contribution in [0.5, 0.6) is 5.75 Å². The third-order valence-electron chi connectivity index (χ3n) is 11.7. The summed E-state index contributed by atoms with van der Waals surface area (Å²) in [5, 5.41) is 29.7. The van der Waals surface area contributed by atoms with Gasteiger partial charge < -0.3 is 34.6 Å². The van der Waals surface area contributed by atoms with Gasteiger partial charge in [-0.2, -0.15) is 10.2 Å². The van der Waals surface area contributed by atoms with E-state index < -0.39 is 23.6 Å². The van der Waals surface area contributed by atoms with Crippen LogP contribution in [0.3, 0.4) is 0 Å². The van der Waals surface area contributed by atoms with Crippen LogP contribution in [-0.2, 0) is 27.5 Å². The number of carbonyl (C=O) groups is 2. The molecule has 3 unspecified atom stereocenters. The molecule has 0 spiro atoms. The fourth-order valence-electron chi connectivity index (χ4n) is 8.37. The molecule has 4 aromatic rings. The zero-order chi connectivity index (χ0) is 43.5. The van der Waals surface area contributed by atoms with Crippen LogP contribution in [0.2, 0.25) is 0 Å². The molecule has 2 fully saturated rings. The Balaban J connectivity index is 0.000000537. The zero-order valence-electron chi connectivity index (χ0n) is 36.6. The number of halogens is 1. The van der Waals surface area contributed by atoms with Crippen LogP contribution in [0.25, 0.3) is 32.1 Å². The van der Waals surface area contributed by atoms with Crippen molar-refractivity contribution in [2.45, 2.75) is 124 Å². The van der Waals surface area contributed by atoms with Crippen LogP contribution >= 0.6 is 11.3 Å². The Bertz CT molecular complexity index is 2270. The number of benzene rings is 2. The zero-order valence-corrected chi connectivity index (χ0v) is 37.4. The van der Waals surface area contributed by atoms with E-state index in [1.165, 1.54) is 50.9 Å². The van der Waals surface area contributed by atoms with E-state index in [0.717, 1.165) is 36.3 Å². The van der Waals surface area contributed by atoms with Gasteiger partial charge in [-0.15, -0.1) is 11.3 Å². The van der Waals surface area contributed by atoms with Crippen molar-refractivity contribution in [3.63, 3.8) is 0 Å². The first-order valence-corrected chi connectivity index (χ1v) is 22.2. The van der Waals surface area contributed by atoms with Gasteiger partial charge in [-0.1, -0.05) is 39.7 Å². The van der Waals surface area contributed by atoms with E-state index in [4.69, 9.17) is 19.4 Å². The molecule has 0 bridgehead atoms. The highest BCUT2D eigenvalue weighted by Crippen LogP contribution is 2.51. The Morgan fingerprint density at radius 1 is 1.10 bits per heavy atom. The highest BCUT2D eigenvalue weighted by Gasteiger charge is 2.35. The number of ether oxygens (including phenoxy) is 2. The topological polar surface area (TPSA) is 156 Å². The molecule has 2 aromatic carbocycles. The number of unbranched alkanes of at least 4 members (excludes halogenated alkanes) is 2. The molecule has 2 amide bonds. The number of rotatable bonds is 11. The normalized spacial score (nSPS) is 19.1. The lowest BCUT2D eigenvalue weighted by atomic mass is 9.90. The van der Waals surface area contributed by atoms with Crippen LogP contribution < -0.4 is 15.5 Å². The summed E-state index contributed by atoms with van der Waals surface area (Å²) in [6, 6.07) is 4.60. The predicted molar refractivity (Wildman–Crippen MR) is 237 cm³/mol. The van der Waals surface area contributed by atoms with E-state index in [0.29, 0.717) is 52.7 Å². The van der Waals surface area contributed by atoms with Crippen molar-refractivity contribution in [1.29, 1.82) is 5.26 Å². The van der Waals surface area contributed by atoms with Gasteiger partial charge in [0, 0.05) is 37.1 Å². The van der Waals surface area contributed by atoms with Crippen molar-refractivity contribution in [2.75, 3.05) is 55.8 Å². The molecule has 3 aliphatic rings. The van der Waals surface area contributed by atoms with Gasteiger partial charge in [0.15, 0.2) is 0 Å². The van der Waals surface area contributed by atoms with Crippen LogP contribution in [-0.4, -0.2) is 94.8 Å². The van der Waals surface area contributed by atoms with Crippen molar-refractivity contribution in [2.24, 2.45) is 5.92 Å². The van der Waals surface area contributed by atoms with Gasteiger partial charge in [0.1, 0.15) is 45.6 Å². The van der Waals surface area contributed by atoms with Gasteiger partial charge in [-0.3, -0.25) is 10.1 Å². The van der Waals surface area contributed by atoms with Crippen LogP contribution in [0.1, 0.15) is 110 Å². The van der Waals surface area contributed by atoms with Crippen LogP contribution in [0.4, 0.5) is 26.0 Å². The highest BCUT2D eigenvalue weighted by molar-refractivity contribution is 7.23. The summed E-state index contributed by atoms with van der Waals surface area (Å²) in [4.78, 5) is 42.2. The quantitative estimate of drug-likeness (QED) is 0.124. The van der Waals surface area contributed by atoms with E-state index in [1.54, 1.807) is 32.7 Å². The third kappa shape index (κ3) is 9.41. The summed E-state index contributed by atoms with van der Waals surface area (Å²) >= 11 is 0.922. The molecule has 3 N–H and O–H groups in total. The second-order valence-corrected chi connectivity index (χ2v) is 18.4. The summed E-state index contributed by atoms with van der Waals surface area (Å²) < 4.78 is 27.0. The first-order chi connectivity index (χ1) is 28.6. The minimum absolute atomic E-state index is 0.0348. The number of hydrogen-bond acceptors (Lipinski definition) is 12. The molecular formula is C45H61FN8O5S. The minimum Gasteiger partial charge on any atom is -0.505 e. The summed E-state index contributed by atoms with van der Waals surface area (Å²) in [6.45, 7) is 18.2. The Kier molecular flexibility index (Phi) is 14.1. The molecule has 3 atom stereocenters. The molecule has 0 saturated carbocycles. The van der Waals surface area contributed by atoms with Gasteiger partial charge in [0.05, 0.1) is 28.9 Å². The van der Waals surface area contributed by atoms with E-state index in [1.807, 2.05) is 0 Å². The molecule has 0 radical (unpaired) electrons. The summed E-state index contributed by atoms with van der Waals surface area (Å²) in [5.41, 5.74) is 1.66. The third-order valence-corrected chi connectivity index (χ3v) is 12.8. The molecule has 2 saturated heterocycles. The molecule has 5 heterocycles. The molecule has 2 aromatic heterocycles. The molecular weight excluding hydrogens is 784 g/mol. The molecule has 13 nitrogen and oxygen atoms in total. The second-order valence-electron chi connectivity index (χ2n) is 17.4. The van der Waals surface area contributed by atoms with E-state index in [9.17, 15) is 20.0 Å². The van der Waals surface area contributed by atoms with E-state index >= 15 is 4.39 Å². The number of nitrogens with zero attached hydrogens (tertiary/aromatic N) is 6. The van der Waals surface area contributed by atoms with Crippen molar-refractivity contribution in [3.8, 4) is 22.9 Å². The Morgan fingerprint density at radius 2 is 1.85 bits per heavy atom. The smallest absolute Gasteiger partial charge is 0.412 e. The number of aromatic nitrogens is 2. The molecule has 7 rings (SSSR count). The average molecular weight is 845 g/mol. The number of phenolic OH excluding ortho intramolecular Hbond substituents is 1. The monoisotopic (exact) mass is 844 g/mol. The van der Waals surface area contributed by atoms with Crippen molar-refractivity contribution < 1.29 is 28.6 Å². The Morgan fingerprint density at radius 3 is 2.52 bits per heavy atom. The number of hydrogen-bond donors (Lipinski definition) is 3. The maximum Gasteiger partial charge on any atom is 0.412 e. The number of amides is 2. The number of likely N-dealkylation sites (N-methyl/N-ethyl adjacent to an activating group) is 1. The second kappa shape index (κ2) is 18.9. The number of carbonyl (C=O) groups excluding carboxylic acids is 2. The maximum atomic E-state index is 15.5. The Hall–Kier alpha value is -4.78. The van der Waals surface area contributed by atoms with Crippen molar-refractivity contribution in [1.82, 2.24) is 19.8 Å². The summed E-state index contributed by atoms with van der Waals surface area (Å²) in [6.07, 6.45) is 7.01. The number of thiophene rings is 1. The number of nitriles is 1. The number of anilines is 3. The predicted octanol–water partition coefficient (Wildman–Crippen LogP) is 9.39. The summed E-state index contributed by atoms with van der Waals surface area (Å²) in [5.74, 6) is 0.479. The molecule has 15 heteroatoms. The number of nitrogens with one attached hydrogen (secondary N) is 2. The minimum atomic E-state index is -0.791. The maximum absolute atomic E-state index is 15.5.